The van der Waals surface area contributed by atoms with Crippen molar-refractivity contribution in [3.63, 3.8) is 0 Å². The SMILES string of the molecule is CCOCCCCNC(=NC)NCc1ccc(N(C)C)cc1. The van der Waals surface area contributed by atoms with Crippen LogP contribution in [-0.4, -0.2) is 46.9 Å². The summed E-state index contributed by atoms with van der Waals surface area (Å²) >= 11 is 0. The molecule has 0 bridgehead atoms. The van der Waals surface area contributed by atoms with Crippen molar-refractivity contribution in [2.45, 2.75) is 26.3 Å². The minimum absolute atomic E-state index is 0.770. The standard InChI is InChI=1S/C17H30N4O/c1-5-22-13-7-6-12-19-17(18-2)20-14-15-8-10-16(11-9-15)21(3)4/h8-11H,5-7,12-14H2,1-4H3,(H2,18,19,20). The quantitative estimate of drug-likeness (QED) is 0.417. The normalized spacial score (nSPS) is 11.4. The Hall–Kier alpha value is -1.75. The van der Waals surface area contributed by atoms with E-state index in [1.165, 1.54) is 11.3 Å². The summed E-state index contributed by atoms with van der Waals surface area (Å²) in [6.45, 7) is 5.33. The van der Waals surface area contributed by atoms with E-state index in [2.05, 4.69) is 44.8 Å². The smallest absolute Gasteiger partial charge is 0.191 e. The van der Waals surface area contributed by atoms with Crippen molar-refractivity contribution in [3.8, 4) is 0 Å². The summed E-state index contributed by atoms with van der Waals surface area (Å²) in [5.41, 5.74) is 2.45. The number of unbranched alkanes of at least 4 members (excludes halogenated alkanes) is 1. The summed E-state index contributed by atoms with van der Waals surface area (Å²) in [5, 5.41) is 6.65. The molecule has 2 N–H and O–H groups in total. The second kappa shape index (κ2) is 10.9. The topological polar surface area (TPSA) is 48.9 Å². The molecule has 0 saturated heterocycles. The minimum Gasteiger partial charge on any atom is -0.382 e. The van der Waals surface area contributed by atoms with E-state index < -0.39 is 0 Å². The number of rotatable bonds is 9. The number of benzene rings is 1. The molecule has 0 aromatic heterocycles. The van der Waals surface area contributed by atoms with E-state index in [1.807, 2.05) is 21.0 Å². The van der Waals surface area contributed by atoms with Crippen LogP contribution < -0.4 is 15.5 Å². The van der Waals surface area contributed by atoms with Crippen LogP contribution in [0.1, 0.15) is 25.3 Å². The summed E-state index contributed by atoms with van der Waals surface area (Å²) in [6, 6.07) is 8.53. The number of guanidine groups is 1. The van der Waals surface area contributed by atoms with Crippen LogP contribution in [-0.2, 0) is 11.3 Å². The van der Waals surface area contributed by atoms with Crippen molar-refractivity contribution >= 4 is 11.6 Å². The molecule has 22 heavy (non-hydrogen) atoms. The fourth-order valence-electron chi connectivity index (χ4n) is 2.00. The largest absolute Gasteiger partial charge is 0.382 e. The molecule has 5 heteroatoms. The van der Waals surface area contributed by atoms with Gasteiger partial charge in [0.25, 0.3) is 0 Å². The van der Waals surface area contributed by atoms with Crippen LogP contribution in [0.25, 0.3) is 0 Å². The third-order valence-corrected chi connectivity index (χ3v) is 3.35. The average Bonchev–Trinajstić information content (AvgIpc) is 2.54. The first-order chi connectivity index (χ1) is 10.7. The lowest BCUT2D eigenvalue weighted by Crippen LogP contribution is -2.37. The fraction of sp³-hybridized carbons (Fsp3) is 0.588. The zero-order valence-electron chi connectivity index (χ0n) is 14.4. The highest BCUT2D eigenvalue weighted by Crippen LogP contribution is 2.11. The van der Waals surface area contributed by atoms with Gasteiger partial charge in [0.05, 0.1) is 0 Å². The molecule has 0 heterocycles. The maximum Gasteiger partial charge on any atom is 0.191 e. The highest BCUT2D eigenvalue weighted by Gasteiger charge is 1.99. The average molecular weight is 306 g/mol. The van der Waals surface area contributed by atoms with Gasteiger partial charge in [0.1, 0.15) is 0 Å². The van der Waals surface area contributed by atoms with E-state index in [0.717, 1.165) is 45.1 Å². The summed E-state index contributed by atoms with van der Waals surface area (Å²) in [6.07, 6.45) is 2.15. The maximum atomic E-state index is 5.32. The van der Waals surface area contributed by atoms with Gasteiger partial charge in [0, 0.05) is 53.1 Å². The van der Waals surface area contributed by atoms with Crippen LogP contribution in [0.15, 0.2) is 29.3 Å². The number of aliphatic imine (C=N–C) groups is 1. The molecule has 0 aliphatic heterocycles. The maximum absolute atomic E-state index is 5.32. The fourth-order valence-corrected chi connectivity index (χ4v) is 2.00. The summed E-state index contributed by atoms with van der Waals surface area (Å²) in [7, 11) is 5.89. The molecule has 5 nitrogen and oxygen atoms in total. The highest BCUT2D eigenvalue weighted by molar-refractivity contribution is 5.79. The van der Waals surface area contributed by atoms with Gasteiger partial charge in [0.2, 0.25) is 0 Å². The molecule has 1 rings (SSSR count). The molecule has 0 unspecified atom stereocenters. The number of anilines is 1. The van der Waals surface area contributed by atoms with Gasteiger partial charge in [-0.1, -0.05) is 12.1 Å². The predicted molar refractivity (Wildman–Crippen MR) is 94.7 cm³/mol. The van der Waals surface area contributed by atoms with Crippen LogP contribution in [0.5, 0.6) is 0 Å². The number of nitrogens with one attached hydrogen (secondary N) is 2. The number of nitrogens with zero attached hydrogens (tertiary/aromatic N) is 2. The molecule has 0 atom stereocenters. The molecule has 0 fully saturated rings. The Kier molecular flexibility index (Phi) is 9.07. The van der Waals surface area contributed by atoms with Gasteiger partial charge >= 0.3 is 0 Å². The Morgan fingerprint density at radius 1 is 1.14 bits per heavy atom. The van der Waals surface area contributed by atoms with Gasteiger partial charge in [-0.2, -0.15) is 0 Å². The van der Waals surface area contributed by atoms with Crippen LogP contribution in [0.3, 0.4) is 0 Å². The summed E-state index contributed by atoms with van der Waals surface area (Å²) in [4.78, 5) is 6.33. The summed E-state index contributed by atoms with van der Waals surface area (Å²) < 4.78 is 5.32. The molecule has 0 spiro atoms. The van der Waals surface area contributed by atoms with Crippen LogP contribution in [0.2, 0.25) is 0 Å². The van der Waals surface area contributed by atoms with Gasteiger partial charge < -0.3 is 20.3 Å². The zero-order chi connectivity index (χ0) is 16.2. The molecule has 1 aromatic carbocycles. The third-order valence-electron chi connectivity index (χ3n) is 3.35. The molecular formula is C17H30N4O. The first kappa shape index (κ1) is 18.3. The third kappa shape index (κ3) is 7.31. The molecule has 124 valence electrons. The van der Waals surface area contributed by atoms with Crippen LogP contribution in [0.4, 0.5) is 5.69 Å². The van der Waals surface area contributed by atoms with Crippen molar-refractivity contribution in [2.24, 2.45) is 4.99 Å². The first-order valence-electron chi connectivity index (χ1n) is 7.96. The monoisotopic (exact) mass is 306 g/mol. The lowest BCUT2D eigenvalue weighted by Gasteiger charge is -2.14. The van der Waals surface area contributed by atoms with Gasteiger partial charge in [0.15, 0.2) is 5.96 Å². The Morgan fingerprint density at radius 2 is 1.86 bits per heavy atom. The molecule has 0 radical (unpaired) electrons. The van der Waals surface area contributed by atoms with Crippen molar-refractivity contribution in [1.29, 1.82) is 0 Å². The number of hydrogen-bond donors (Lipinski definition) is 2. The van der Waals surface area contributed by atoms with Crippen LogP contribution >= 0.6 is 0 Å². The Morgan fingerprint density at radius 3 is 2.45 bits per heavy atom. The Labute approximate surface area is 134 Å². The lowest BCUT2D eigenvalue weighted by atomic mass is 10.2. The van der Waals surface area contributed by atoms with E-state index in [0.29, 0.717) is 0 Å². The van der Waals surface area contributed by atoms with Crippen molar-refractivity contribution in [2.75, 3.05) is 45.8 Å². The molecule has 0 saturated carbocycles. The summed E-state index contributed by atoms with van der Waals surface area (Å²) in [5.74, 6) is 0.841. The van der Waals surface area contributed by atoms with Gasteiger partial charge in [-0.15, -0.1) is 0 Å². The van der Waals surface area contributed by atoms with Crippen molar-refractivity contribution in [3.05, 3.63) is 29.8 Å². The molecule has 0 aliphatic carbocycles. The molecule has 0 aliphatic rings. The van der Waals surface area contributed by atoms with Crippen molar-refractivity contribution in [1.82, 2.24) is 10.6 Å². The highest BCUT2D eigenvalue weighted by atomic mass is 16.5. The molecular weight excluding hydrogens is 276 g/mol. The first-order valence-corrected chi connectivity index (χ1v) is 7.96. The molecule has 0 amide bonds. The Balaban J connectivity index is 2.26. The van der Waals surface area contributed by atoms with E-state index in [1.54, 1.807) is 7.05 Å². The lowest BCUT2D eigenvalue weighted by molar-refractivity contribution is 0.143. The molecule has 1 aromatic rings. The zero-order valence-corrected chi connectivity index (χ0v) is 14.4. The van der Waals surface area contributed by atoms with E-state index in [4.69, 9.17) is 4.74 Å². The van der Waals surface area contributed by atoms with Gasteiger partial charge in [-0.05, 0) is 37.5 Å². The van der Waals surface area contributed by atoms with Gasteiger partial charge in [-0.3, -0.25) is 4.99 Å². The van der Waals surface area contributed by atoms with E-state index in [-0.39, 0.29) is 0 Å². The van der Waals surface area contributed by atoms with E-state index in [9.17, 15) is 0 Å². The minimum atomic E-state index is 0.770. The second-order valence-corrected chi connectivity index (χ2v) is 5.32. The number of hydrogen-bond acceptors (Lipinski definition) is 3. The van der Waals surface area contributed by atoms with Gasteiger partial charge in [-0.25, -0.2) is 0 Å². The second-order valence-electron chi connectivity index (χ2n) is 5.32. The predicted octanol–water partition coefficient (Wildman–Crippen LogP) is 2.23. The van der Waals surface area contributed by atoms with Crippen molar-refractivity contribution < 1.29 is 4.74 Å². The number of ether oxygens (including phenoxy) is 1. The van der Waals surface area contributed by atoms with Crippen LogP contribution in [0, 0.1) is 0 Å². The Bertz CT molecular complexity index is 429. The van der Waals surface area contributed by atoms with E-state index >= 15 is 0 Å².